The molecule has 1 aliphatic heterocycles. The summed E-state index contributed by atoms with van der Waals surface area (Å²) in [5.41, 5.74) is 16.5. The molecule has 0 spiro atoms. The largest absolute Gasteiger partial charge is 0.310 e. The summed E-state index contributed by atoms with van der Waals surface area (Å²) in [6.45, 7) is 0. The molecule has 0 atom stereocenters. The van der Waals surface area contributed by atoms with Crippen LogP contribution in [0.15, 0.2) is 231 Å². The minimum Gasteiger partial charge on any atom is -0.310 e. The van der Waals surface area contributed by atoms with E-state index < -0.39 is 5.41 Å². The highest BCUT2D eigenvalue weighted by Gasteiger charge is 2.46. The highest BCUT2D eigenvalue weighted by molar-refractivity contribution is 6.15. The Kier molecular flexibility index (Phi) is 7.48. The highest BCUT2D eigenvalue weighted by atomic mass is 15.2. The molecule has 1 heterocycles. The SMILES string of the molecule is c1ccc(N(c2ccc(N3c4cc5ccccc5cc4-c4cccc5cccc3c45)cc2)c2ccc3c(c2)C(c2ccccc2)(c2ccccc2)c2ccccc2-3)cc1. The van der Waals surface area contributed by atoms with Crippen molar-refractivity contribution in [2.24, 2.45) is 0 Å². The zero-order chi connectivity index (χ0) is 38.9. The topological polar surface area (TPSA) is 6.48 Å². The third kappa shape index (κ3) is 5.00. The second kappa shape index (κ2) is 13.2. The van der Waals surface area contributed by atoms with Crippen molar-refractivity contribution in [1.82, 2.24) is 0 Å². The van der Waals surface area contributed by atoms with Crippen molar-refractivity contribution in [1.29, 1.82) is 0 Å². The van der Waals surface area contributed by atoms with Crippen molar-refractivity contribution in [2.75, 3.05) is 9.80 Å². The van der Waals surface area contributed by atoms with E-state index in [0.29, 0.717) is 0 Å². The normalized spacial score (nSPS) is 13.2. The smallest absolute Gasteiger partial charge is 0.0714 e. The highest BCUT2D eigenvalue weighted by Crippen LogP contribution is 2.58. The number of benzene rings is 10. The maximum Gasteiger partial charge on any atom is 0.0714 e. The molecule has 276 valence electrons. The van der Waals surface area contributed by atoms with Gasteiger partial charge in [-0.1, -0.05) is 164 Å². The van der Waals surface area contributed by atoms with Gasteiger partial charge in [0.2, 0.25) is 0 Å². The molecule has 0 bridgehead atoms. The number of rotatable bonds is 6. The van der Waals surface area contributed by atoms with E-state index in [1.807, 2.05) is 0 Å². The summed E-state index contributed by atoms with van der Waals surface area (Å²) >= 11 is 0. The first-order valence-electron chi connectivity index (χ1n) is 20.4. The maximum absolute atomic E-state index is 2.45. The van der Waals surface area contributed by atoms with E-state index in [1.165, 1.54) is 77.4 Å². The molecule has 2 aliphatic rings. The van der Waals surface area contributed by atoms with E-state index in [1.54, 1.807) is 0 Å². The van der Waals surface area contributed by atoms with Gasteiger partial charge in [-0.25, -0.2) is 0 Å². The van der Waals surface area contributed by atoms with Crippen molar-refractivity contribution in [3.05, 3.63) is 253 Å². The van der Waals surface area contributed by atoms with Crippen molar-refractivity contribution >= 4 is 55.7 Å². The molecule has 0 fully saturated rings. The van der Waals surface area contributed by atoms with Gasteiger partial charge in [-0.15, -0.1) is 0 Å². The van der Waals surface area contributed by atoms with Gasteiger partial charge in [0.05, 0.1) is 16.8 Å². The minimum atomic E-state index is -0.486. The van der Waals surface area contributed by atoms with Crippen LogP contribution in [0, 0.1) is 0 Å². The lowest BCUT2D eigenvalue weighted by molar-refractivity contribution is 0.768. The summed E-state index contributed by atoms with van der Waals surface area (Å²) in [6, 6.07) is 84.8. The molecule has 10 aromatic rings. The maximum atomic E-state index is 2.45. The van der Waals surface area contributed by atoms with Gasteiger partial charge in [0.1, 0.15) is 0 Å². The lowest BCUT2D eigenvalue weighted by atomic mass is 9.67. The fourth-order valence-corrected chi connectivity index (χ4v) is 10.1. The van der Waals surface area contributed by atoms with E-state index in [0.717, 1.165) is 22.7 Å². The van der Waals surface area contributed by atoms with E-state index in [9.17, 15) is 0 Å². The number of hydrogen-bond donors (Lipinski definition) is 0. The van der Waals surface area contributed by atoms with Crippen molar-refractivity contribution in [3.8, 4) is 22.3 Å². The molecule has 0 aromatic heterocycles. The van der Waals surface area contributed by atoms with Gasteiger partial charge in [0.25, 0.3) is 0 Å². The summed E-state index contributed by atoms with van der Waals surface area (Å²) < 4.78 is 0. The van der Waals surface area contributed by atoms with E-state index in [2.05, 4.69) is 240 Å². The van der Waals surface area contributed by atoms with Crippen LogP contribution in [0.5, 0.6) is 0 Å². The first-order valence-corrected chi connectivity index (χ1v) is 20.4. The lowest BCUT2D eigenvalue weighted by Crippen LogP contribution is -2.28. The average Bonchev–Trinajstić information content (AvgIpc) is 3.60. The molecule has 10 aromatic carbocycles. The van der Waals surface area contributed by atoms with Crippen LogP contribution in [-0.4, -0.2) is 0 Å². The Morgan fingerprint density at radius 3 is 1.59 bits per heavy atom. The van der Waals surface area contributed by atoms with Gasteiger partial charge in [-0.05, 0) is 122 Å². The van der Waals surface area contributed by atoms with E-state index in [-0.39, 0.29) is 0 Å². The number of fused-ring (bicyclic) bond motifs is 6. The fraction of sp³-hybridized carbons (Fsp3) is 0.0175. The van der Waals surface area contributed by atoms with E-state index >= 15 is 0 Å². The van der Waals surface area contributed by atoms with Crippen LogP contribution >= 0.6 is 0 Å². The quantitative estimate of drug-likeness (QED) is 0.167. The standard InChI is InChI=1S/C57H38N2/c1-4-20-42(21-5-1)57(43-22-6-2-7-23-43)52-28-13-12-26-48(52)49-35-34-47(38-53(49)57)58(44-24-8-3-9-25-44)45-30-32-46(33-31-45)59-54-29-15-19-39-18-14-27-50(56(39)54)51-36-40-16-10-11-17-41(40)37-55(51)59/h1-38H. The van der Waals surface area contributed by atoms with Crippen molar-refractivity contribution in [2.45, 2.75) is 5.41 Å². The Bertz CT molecular complexity index is 3160. The third-order valence-electron chi connectivity index (χ3n) is 12.6. The molecule has 12 rings (SSSR count). The molecular weight excluding hydrogens is 713 g/mol. The number of nitrogens with zero attached hydrogens (tertiary/aromatic N) is 2. The van der Waals surface area contributed by atoms with E-state index in [4.69, 9.17) is 0 Å². The van der Waals surface area contributed by atoms with Gasteiger partial charge in [-0.3, -0.25) is 0 Å². The molecule has 59 heavy (non-hydrogen) atoms. The molecule has 0 N–H and O–H groups in total. The lowest BCUT2D eigenvalue weighted by Gasteiger charge is -2.35. The van der Waals surface area contributed by atoms with Crippen LogP contribution in [0.2, 0.25) is 0 Å². The van der Waals surface area contributed by atoms with Crippen LogP contribution in [0.25, 0.3) is 43.8 Å². The number of para-hydroxylation sites is 1. The predicted molar refractivity (Wildman–Crippen MR) is 247 cm³/mol. The predicted octanol–water partition coefficient (Wildman–Crippen LogP) is 15.3. The molecule has 1 aliphatic carbocycles. The Balaban J connectivity index is 1.04. The van der Waals surface area contributed by atoms with Gasteiger partial charge in [0, 0.05) is 33.7 Å². The van der Waals surface area contributed by atoms with Crippen LogP contribution < -0.4 is 9.80 Å². The second-order valence-electron chi connectivity index (χ2n) is 15.7. The Hall–Kier alpha value is -7.68. The molecule has 0 saturated heterocycles. The Morgan fingerprint density at radius 2 is 0.864 bits per heavy atom. The van der Waals surface area contributed by atoms with Crippen molar-refractivity contribution < 1.29 is 0 Å². The summed E-state index contributed by atoms with van der Waals surface area (Å²) in [7, 11) is 0. The summed E-state index contributed by atoms with van der Waals surface area (Å²) in [5, 5.41) is 5.01. The number of hydrogen-bond acceptors (Lipinski definition) is 2. The monoisotopic (exact) mass is 750 g/mol. The molecule has 2 nitrogen and oxygen atoms in total. The van der Waals surface area contributed by atoms with Gasteiger partial charge < -0.3 is 9.80 Å². The average molecular weight is 751 g/mol. The van der Waals surface area contributed by atoms with Crippen LogP contribution in [-0.2, 0) is 5.41 Å². The first kappa shape index (κ1) is 33.5. The van der Waals surface area contributed by atoms with Crippen LogP contribution in [0.4, 0.5) is 34.1 Å². The molecule has 0 unspecified atom stereocenters. The molecule has 0 saturated carbocycles. The summed E-state index contributed by atoms with van der Waals surface area (Å²) in [5.74, 6) is 0. The molecule has 0 radical (unpaired) electrons. The summed E-state index contributed by atoms with van der Waals surface area (Å²) in [4.78, 5) is 4.86. The van der Waals surface area contributed by atoms with Crippen molar-refractivity contribution in [3.63, 3.8) is 0 Å². The Morgan fingerprint density at radius 1 is 0.322 bits per heavy atom. The third-order valence-corrected chi connectivity index (χ3v) is 12.6. The van der Waals surface area contributed by atoms with Gasteiger partial charge in [0.15, 0.2) is 0 Å². The van der Waals surface area contributed by atoms with Gasteiger partial charge >= 0.3 is 0 Å². The second-order valence-corrected chi connectivity index (χ2v) is 15.7. The first-order chi connectivity index (χ1) is 29.3. The molecular formula is C57H38N2. The zero-order valence-corrected chi connectivity index (χ0v) is 32.3. The molecule has 0 amide bonds. The summed E-state index contributed by atoms with van der Waals surface area (Å²) in [6.07, 6.45) is 0. The zero-order valence-electron chi connectivity index (χ0n) is 32.3. The van der Waals surface area contributed by atoms with Gasteiger partial charge in [-0.2, -0.15) is 0 Å². The minimum absolute atomic E-state index is 0.486. The number of anilines is 6. The Labute approximate surface area is 344 Å². The van der Waals surface area contributed by atoms with Crippen LogP contribution in [0.3, 0.4) is 0 Å². The fourth-order valence-electron chi connectivity index (χ4n) is 10.1. The molecule has 2 heteroatoms. The van der Waals surface area contributed by atoms with Crippen LogP contribution in [0.1, 0.15) is 22.3 Å².